The first-order valence-electron chi connectivity index (χ1n) is 14.9. The molecule has 43 heavy (non-hydrogen) atoms. The number of carbonyl (C=O) groups is 1. The fourth-order valence-corrected chi connectivity index (χ4v) is 6.52. The van der Waals surface area contributed by atoms with Gasteiger partial charge in [-0.25, -0.2) is 14.3 Å². The second-order valence-electron chi connectivity index (χ2n) is 11.4. The van der Waals surface area contributed by atoms with E-state index in [9.17, 15) is 9.59 Å². The van der Waals surface area contributed by atoms with Gasteiger partial charge in [0, 0.05) is 55.8 Å². The largest absolute Gasteiger partial charge is 0.482 e. The van der Waals surface area contributed by atoms with E-state index in [-0.39, 0.29) is 18.1 Å². The molecule has 218 valence electrons. The van der Waals surface area contributed by atoms with Gasteiger partial charge in [-0.05, 0) is 62.1 Å². The molecule has 11 nitrogen and oxygen atoms in total. The lowest BCUT2D eigenvalue weighted by Crippen LogP contribution is -2.39. The first-order valence-corrected chi connectivity index (χ1v) is 14.9. The maximum absolute atomic E-state index is 13.7. The molecule has 0 aliphatic carbocycles. The van der Waals surface area contributed by atoms with Crippen LogP contribution in [-0.4, -0.2) is 56.0 Å². The highest BCUT2D eigenvalue weighted by atomic mass is 16.5. The predicted octanol–water partition coefficient (Wildman–Crippen LogP) is 4.49. The number of hydrogen-bond donors (Lipinski definition) is 1. The molecule has 1 N–H and O–H groups in total. The third-order valence-corrected chi connectivity index (χ3v) is 8.69. The molecule has 5 aromatic rings. The van der Waals surface area contributed by atoms with Gasteiger partial charge in [0.2, 0.25) is 5.95 Å². The normalized spacial score (nSPS) is 16.7. The van der Waals surface area contributed by atoms with Crippen molar-refractivity contribution < 1.29 is 9.53 Å². The number of amides is 1. The fraction of sp³-hybridized carbons (Fsp3) is 0.312. The highest BCUT2D eigenvalue weighted by Crippen LogP contribution is 2.36. The van der Waals surface area contributed by atoms with Gasteiger partial charge in [0.1, 0.15) is 11.1 Å². The minimum Gasteiger partial charge on any atom is -0.482 e. The van der Waals surface area contributed by atoms with Crippen molar-refractivity contribution in [1.29, 1.82) is 0 Å². The van der Waals surface area contributed by atoms with Gasteiger partial charge in [-0.3, -0.25) is 9.59 Å². The number of rotatable bonds is 3. The van der Waals surface area contributed by atoms with Gasteiger partial charge in [-0.15, -0.1) is 0 Å². The summed E-state index contributed by atoms with van der Waals surface area (Å²) in [5.74, 6) is 0.981. The Morgan fingerprint density at radius 3 is 2.70 bits per heavy atom. The minimum atomic E-state index is -0.174. The molecule has 0 unspecified atom stereocenters. The van der Waals surface area contributed by atoms with Crippen LogP contribution in [0.2, 0.25) is 0 Å². The van der Waals surface area contributed by atoms with E-state index >= 15 is 0 Å². The van der Waals surface area contributed by atoms with Crippen molar-refractivity contribution in [3.63, 3.8) is 0 Å². The summed E-state index contributed by atoms with van der Waals surface area (Å²) in [6.07, 6.45) is 11.7. The number of benzene rings is 2. The van der Waals surface area contributed by atoms with Crippen LogP contribution in [-0.2, 0) is 18.4 Å². The Labute approximate surface area is 247 Å². The van der Waals surface area contributed by atoms with Crippen LogP contribution in [0.3, 0.4) is 0 Å². The van der Waals surface area contributed by atoms with Gasteiger partial charge in [-0.1, -0.05) is 12.2 Å². The Kier molecular flexibility index (Phi) is 5.99. The number of fused-ring (bicyclic) bond motifs is 6. The molecule has 0 saturated carbocycles. The van der Waals surface area contributed by atoms with Crippen molar-refractivity contribution in [2.24, 2.45) is 7.05 Å². The van der Waals surface area contributed by atoms with Gasteiger partial charge in [0.05, 0.1) is 23.4 Å². The van der Waals surface area contributed by atoms with Crippen LogP contribution < -0.4 is 25.4 Å². The minimum absolute atomic E-state index is 0.0234. The molecule has 6 heterocycles. The Hall–Kier alpha value is -5.06. The molecule has 0 atom stereocenters. The monoisotopic (exact) mass is 576 g/mol. The van der Waals surface area contributed by atoms with E-state index in [1.807, 2.05) is 29.0 Å². The molecule has 2 aromatic carbocycles. The van der Waals surface area contributed by atoms with Crippen LogP contribution in [0.5, 0.6) is 5.75 Å². The lowest BCUT2D eigenvalue weighted by molar-refractivity contribution is -0.121. The topological polar surface area (TPSA) is 102 Å². The molecule has 1 amide bonds. The van der Waals surface area contributed by atoms with Crippen LogP contribution >= 0.6 is 0 Å². The SMILES string of the molecule is Cn1ccc2c(N3CCCC3)cc(Nc3ncc4c(=O)n5n(c4n3)-c3ccc4c(c3)N(CCCC=CC5)C(=O)CO4)cc21. The molecule has 1 fully saturated rings. The van der Waals surface area contributed by atoms with Crippen LogP contribution in [0, 0.1) is 0 Å². The lowest BCUT2D eigenvalue weighted by Gasteiger charge is -2.30. The van der Waals surface area contributed by atoms with Crippen molar-refractivity contribution >= 4 is 50.9 Å². The number of anilines is 4. The van der Waals surface area contributed by atoms with Crippen LogP contribution in [0.25, 0.3) is 27.6 Å². The van der Waals surface area contributed by atoms with E-state index in [1.165, 1.54) is 23.9 Å². The molecule has 0 spiro atoms. The summed E-state index contributed by atoms with van der Waals surface area (Å²) >= 11 is 0. The van der Waals surface area contributed by atoms with Gasteiger partial charge in [0.15, 0.2) is 12.3 Å². The second kappa shape index (κ2) is 10.0. The summed E-state index contributed by atoms with van der Waals surface area (Å²) in [7, 11) is 2.05. The summed E-state index contributed by atoms with van der Waals surface area (Å²) in [4.78, 5) is 40.1. The fourth-order valence-electron chi connectivity index (χ4n) is 6.52. The number of aromatic nitrogens is 5. The smallest absolute Gasteiger partial charge is 0.278 e. The molecule has 3 aliphatic heterocycles. The number of nitrogens with zero attached hydrogens (tertiary/aromatic N) is 7. The quantitative estimate of drug-likeness (QED) is 0.316. The summed E-state index contributed by atoms with van der Waals surface area (Å²) in [6, 6.07) is 12.1. The summed E-state index contributed by atoms with van der Waals surface area (Å²) in [6.45, 7) is 3.09. The molecule has 3 aromatic heterocycles. The van der Waals surface area contributed by atoms with Gasteiger partial charge in [-0.2, -0.15) is 4.98 Å². The molecule has 1 saturated heterocycles. The Bertz CT molecular complexity index is 2000. The molecule has 2 bridgehead atoms. The maximum Gasteiger partial charge on any atom is 0.278 e. The number of hydrogen-bond acceptors (Lipinski definition) is 7. The Morgan fingerprint density at radius 2 is 1.81 bits per heavy atom. The van der Waals surface area contributed by atoms with Crippen molar-refractivity contribution in [2.45, 2.75) is 32.2 Å². The Balaban J connectivity index is 1.26. The lowest BCUT2D eigenvalue weighted by atomic mass is 10.1. The zero-order chi connectivity index (χ0) is 29.1. The predicted molar refractivity (Wildman–Crippen MR) is 167 cm³/mol. The average molecular weight is 577 g/mol. The summed E-state index contributed by atoms with van der Waals surface area (Å²) in [5, 5.41) is 5.07. The van der Waals surface area contributed by atoms with Crippen molar-refractivity contribution in [3.05, 3.63) is 71.3 Å². The number of ether oxygens (including phenoxy) is 1. The van der Waals surface area contributed by atoms with E-state index in [0.717, 1.165) is 37.1 Å². The summed E-state index contributed by atoms with van der Waals surface area (Å²) < 4.78 is 11.4. The van der Waals surface area contributed by atoms with Crippen molar-refractivity contribution in [3.8, 4) is 11.4 Å². The maximum atomic E-state index is 13.7. The first-order chi connectivity index (χ1) is 21.0. The standard InChI is InChI=1S/C32H32N8O3/c1-36-15-10-23-25(36)16-21(17-26(23)37-11-6-7-12-37)34-32-33-19-24-30(35-32)40-22-8-9-28-27(18-22)38(29(41)20-43-28)13-4-2-3-5-14-39(40)31(24)42/h3,5,8-10,15-19H,2,4,6-7,11-14,20H2,1H3,(H,33,34,35). The van der Waals surface area contributed by atoms with Gasteiger partial charge < -0.3 is 24.4 Å². The molecule has 0 radical (unpaired) electrons. The summed E-state index contributed by atoms with van der Waals surface area (Å²) in [5.41, 5.74) is 4.94. The van der Waals surface area contributed by atoms with Crippen LogP contribution in [0.1, 0.15) is 25.7 Å². The van der Waals surface area contributed by atoms with Crippen LogP contribution in [0.15, 0.2) is 65.7 Å². The van der Waals surface area contributed by atoms with Gasteiger partial charge >= 0.3 is 0 Å². The zero-order valence-electron chi connectivity index (χ0n) is 24.0. The zero-order valence-corrected chi connectivity index (χ0v) is 24.0. The molecular formula is C32H32N8O3. The average Bonchev–Trinajstić information content (AvgIpc) is 3.74. The number of allylic oxidation sites excluding steroid dienone is 2. The molecule has 11 heteroatoms. The van der Waals surface area contributed by atoms with E-state index in [2.05, 4.69) is 57.3 Å². The van der Waals surface area contributed by atoms with Gasteiger partial charge in [0.25, 0.3) is 11.5 Å². The highest BCUT2D eigenvalue weighted by Gasteiger charge is 2.27. The molecular weight excluding hydrogens is 544 g/mol. The highest BCUT2D eigenvalue weighted by molar-refractivity contribution is 5.98. The Morgan fingerprint density at radius 1 is 0.930 bits per heavy atom. The molecule has 8 rings (SSSR count). The van der Waals surface area contributed by atoms with Crippen molar-refractivity contribution in [1.82, 2.24) is 23.9 Å². The third-order valence-electron chi connectivity index (χ3n) is 8.69. The van der Waals surface area contributed by atoms with Crippen LogP contribution in [0.4, 0.5) is 23.0 Å². The molecule has 3 aliphatic rings. The number of aryl methyl sites for hydroxylation is 1. The van der Waals surface area contributed by atoms with E-state index in [0.29, 0.717) is 47.2 Å². The van der Waals surface area contributed by atoms with E-state index in [4.69, 9.17) is 9.72 Å². The third kappa shape index (κ3) is 4.26. The number of nitrogens with one attached hydrogen (secondary N) is 1. The second-order valence-corrected chi connectivity index (χ2v) is 11.4. The van der Waals surface area contributed by atoms with Crippen molar-refractivity contribution in [2.75, 3.05) is 41.4 Å². The number of carbonyl (C=O) groups excluding carboxylic acids is 1. The van der Waals surface area contributed by atoms with E-state index in [1.54, 1.807) is 15.8 Å². The van der Waals surface area contributed by atoms with E-state index < -0.39 is 0 Å². The first kappa shape index (κ1) is 25.6.